The van der Waals surface area contributed by atoms with Gasteiger partial charge in [-0.25, -0.2) is 4.79 Å². The highest BCUT2D eigenvalue weighted by Crippen LogP contribution is 2.29. The Bertz CT molecular complexity index is 1130. The third kappa shape index (κ3) is 6.35. The molecule has 0 aliphatic rings. The first kappa shape index (κ1) is 24.8. The maximum absolute atomic E-state index is 12.4. The van der Waals surface area contributed by atoms with E-state index >= 15 is 0 Å². The molecule has 2 heterocycles. The molecule has 0 aliphatic heterocycles. The Morgan fingerprint density at radius 1 is 1.18 bits per heavy atom. The highest BCUT2D eigenvalue weighted by molar-refractivity contribution is 7.99. The van der Waals surface area contributed by atoms with E-state index < -0.39 is 5.97 Å². The molecule has 10 heteroatoms. The first-order valence-corrected chi connectivity index (χ1v) is 12.1. The maximum atomic E-state index is 12.4. The van der Waals surface area contributed by atoms with Crippen molar-refractivity contribution >= 4 is 40.0 Å². The molecule has 0 saturated heterocycles. The van der Waals surface area contributed by atoms with E-state index in [9.17, 15) is 9.59 Å². The molecule has 0 unspecified atom stereocenters. The number of rotatable bonds is 8. The maximum Gasteiger partial charge on any atom is 0.340 e. The van der Waals surface area contributed by atoms with Crippen LogP contribution in [0.4, 0.5) is 5.00 Å². The Labute approximate surface area is 201 Å². The van der Waals surface area contributed by atoms with Crippen molar-refractivity contribution in [2.75, 3.05) is 18.2 Å². The number of carbonyl (C=O) groups excluding carboxylic acids is 2. The third-order valence-electron chi connectivity index (χ3n) is 4.86. The van der Waals surface area contributed by atoms with Gasteiger partial charge in [0.1, 0.15) is 17.4 Å². The number of anilines is 1. The number of hydrogen-bond donors (Lipinski definition) is 1. The lowest BCUT2D eigenvalue weighted by atomic mass is 9.87. The van der Waals surface area contributed by atoms with Crippen molar-refractivity contribution in [3.63, 3.8) is 0 Å². The summed E-state index contributed by atoms with van der Waals surface area (Å²) in [5, 5.41) is 12.2. The number of benzene rings is 1. The van der Waals surface area contributed by atoms with Crippen LogP contribution in [0, 0.1) is 6.92 Å². The summed E-state index contributed by atoms with van der Waals surface area (Å²) in [4.78, 5) is 25.2. The summed E-state index contributed by atoms with van der Waals surface area (Å²) in [7, 11) is 3.15. The number of ether oxygens (including phenoxy) is 2. The van der Waals surface area contributed by atoms with E-state index in [2.05, 4.69) is 48.4 Å². The standard InChI is InChI=1S/C23H28N4O4S2/c1-14-11-17(21(29)30-6)20(33-14)24-19(28)13-32-22-26-25-18(27(22)5)12-31-16-9-7-15(8-10-16)23(2,3)4/h7-11H,12-13H2,1-6H3,(H,24,28). The van der Waals surface area contributed by atoms with E-state index in [4.69, 9.17) is 9.47 Å². The summed E-state index contributed by atoms with van der Waals surface area (Å²) in [5.41, 5.74) is 1.68. The minimum Gasteiger partial charge on any atom is -0.486 e. The molecule has 8 nitrogen and oxygen atoms in total. The molecule has 0 spiro atoms. The minimum atomic E-state index is -0.478. The molecule has 0 aliphatic carbocycles. The van der Waals surface area contributed by atoms with Crippen molar-refractivity contribution in [2.45, 2.75) is 44.9 Å². The van der Waals surface area contributed by atoms with Crippen LogP contribution in [0.2, 0.25) is 0 Å². The Balaban J connectivity index is 1.55. The van der Waals surface area contributed by atoms with E-state index in [1.807, 2.05) is 26.1 Å². The molecule has 0 bridgehead atoms. The number of esters is 1. The largest absolute Gasteiger partial charge is 0.486 e. The van der Waals surface area contributed by atoms with Gasteiger partial charge in [-0.15, -0.1) is 21.5 Å². The quantitative estimate of drug-likeness (QED) is 0.366. The summed E-state index contributed by atoms with van der Waals surface area (Å²) in [6.45, 7) is 8.63. The van der Waals surface area contributed by atoms with Crippen LogP contribution < -0.4 is 10.1 Å². The van der Waals surface area contributed by atoms with Crippen molar-refractivity contribution < 1.29 is 19.1 Å². The highest BCUT2D eigenvalue weighted by Gasteiger charge is 2.18. The normalized spacial score (nSPS) is 11.3. The lowest BCUT2D eigenvalue weighted by molar-refractivity contribution is -0.113. The molecule has 1 N–H and O–H groups in total. The molecular formula is C23H28N4O4S2. The monoisotopic (exact) mass is 488 g/mol. The number of aryl methyl sites for hydroxylation is 1. The molecule has 0 saturated carbocycles. The van der Waals surface area contributed by atoms with Crippen LogP contribution >= 0.6 is 23.1 Å². The van der Waals surface area contributed by atoms with Gasteiger partial charge in [0.25, 0.3) is 0 Å². The smallest absolute Gasteiger partial charge is 0.340 e. The van der Waals surface area contributed by atoms with Crippen LogP contribution in [0.15, 0.2) is 35.5 Å². The summed E-state index contributed by atoms with van der Waals surface area (Å²) in [6, 6.07) is 9.72. The van der Waals surface area contributed by atoms with E-state index in [0.717, 1.165) is 10.6 Å². The van der Waals surface area contributed by atoms with Gasteiger partial charge < -0.3 is 19.4 Å². The van der Waals surface area contributed by atoms with Gasteiger partial charge >= 0.3 is 5.97 Å². The van der Waals surface area contributed by atoms with Gasteiger partial charge in [0, 0.05) is 11.9 Å². The second-order valence-corrected chi connectivity index (χ2v) is 10.6. The number of carbonyl (C=O) groups is 2. The van der Waals surface area contributed by atoms with E-state index in [1.54, 1.807) is 10.6 Å². The fourth-order valence-corrected chi connectivity index (χ4v) is 4.60. The summed E-state index contributed by atoms with van der Waals surface area (Å²) < 4.78 is 12.4. The number of aromatic nitrogens is 3. The Kier molecular flexibility index (Phi) is 7.80. The van der Waals surface area contributed by atoms with Crippen LogP contribution in [0.3, 0.4) is 0 Å². The van der Waals surface area contributed by atoms with Crippen LogP contribution in [-0.2, 0) is 28.6 Å². The molecule has 3 aromatic rings. The van der Waals surface area contributed by atoms with Gasteiger partial charge in [-0.3, -0.25) is 4.79 Å². The molecule has 176 valence electrons. The number of methoxy groups -OCH3 is 1. The minimum absolute atomic E-state index is 0.0870. The molecule has 0 atom stereocenters. The van der Waals surface area contributed by atoms with Crippen molar-refractivity contribution in [2.24, 2.45) is 7.05 Å². The van der Waals surface area contributed by atoms with E-state index in [0.29, 0.717) is 21.5 Å². The van der Waals surface area contributed by atoms with Crippen LogP contribution in [0.5, 0.6) is 5.75 Å². The van der Waals surface area contributed by atoms with E-state index in [-0.39, 0.29) is 23.7 Å². The topological polar surface area (TPSA) is 95.3 Å². The number of amides is 1. The van der Waals surface area contributed by atoms with Gasteiger partial charge in [-0.1, -0.05) is 44.7 Å². The molecule has 1 aromatic carbocycles. The number of hydrogen-bond acceptors (Lipinski definition) is 8. The SMILES string of the molecule is COC(=O)c1cc(C)sc1NC(=O)CSc1nnc(COc2ccc(C(C)(C)C)cc2)n1C. The van der Waals surface area contributed by atoms with Gasteiger partial charge in [0.15, 0.2) is 11.0 Å². The molecule has 33 heavy (non-hydrogen) atoms. The zero-order valence-corrected chi connectivity index (χ0v) is 21.2. The number of thioether (sulfide) groups is 1. The second kappa shape index (κ2) is 10.4. The lowest BCUT2D eigenvalue weighted by Crippen LogP contribution is -2.16. The predicted octanol–water partition coefficient (Wildman–Crippen LogP) is 4.58. The van der Waals surface area contributed by atoms with Crippen LogP contribution in [0.1, 0.15) is 47.4 Å². The highest BCUT2D eigenvalue weighted by atomic mass is 32.2. The predicted molar refractivity (Wildman–Crippen MR) is 130 cm³/mol. The summed E-state index contributed by atoms with van der Waals surface area (Å²) in [5.74, 6) is 0.811. The number of thiophene rings is 1. The van der Waals surface area contributed by atoms with E-state index in [1.165, 1.54) is 35.8 Å². The third-order valence-corrected chi connectivity index (χ3v) is 6.85. The molecule has 0 fully saturated rings. The average molecular weight is 489 g/mol. The van der Waals surface area contributed by atoms with Crippen molar-refractivity contribution in [3.8, 4) is 5.75 Å². The Hall–Kier alpha value is -2.85. The zero-order chi connectivity index (χ0) is 24.2. The van der Waals surface area contributed by atoms with Gasteiger partial charge in [-0.2, -0.15) is 0 Å². The molecule has 0 radical (unpaired) electrons. The first-order chi connectivity index (χ1) is 15.6. The van der Waals surface area contributed by atoms with Gasteiger partial charge in [-0.05, 0) is 36.1 Å². The van der Waals surface area contributed by atoms with Crippen molar-refractivity contribution in [3.05, 3.63) is 52.2 Å². The summed E-state index contributed by atoms with van der Waals surface area (Å²) in [6.07, 6.45) is 0. The van der Waals surface area contributed by atoms with Crippen LogP contribution in [-0.4, -0.2) is 39.5 Å². The molecule has 3 rings (SSSR count). The fraction of sp³-hybridized carbons (Fsp3) is 0.391. The molecule has 1 amide bonds. The second-order valence-electron chi connectivity index (χ2n) is 8.45. The van der Waals surface area contributed by atoms with Gasteiger partial charge in [0.2, 0.25) is 5.91 Å². The molecular weight excluding hydrogens is 460 g/mol. The zero-order valence-electron chi connectivity index (χ0n) is 19.6. The summed E-state index contributed by atoms with van der Waals surface area (Å²) >= 11 is 2.59. The van der Waals surface area contributed by atoms with Gasteiger partial charge in [0.05, 0.1) is 18.4 Å². The average Bonchev–Trinajstić information content (AvgIpc) is 3.31. The first-order valence-electron chi connectivity index (χ1n) is 10.3. The Morgan fingerprint density at radius 2 is 1.88 bits per heavy atom. The van der Waals surface area contributed by atoms with Crippen molar-refractivity contribution in [1.29, 1.82) is 0 Å². The van der Waals surface area contributed by atoms with Crippen molar-refractivity contribution in [1.82, 2.24) is 14.8 Å². The number of nitrogens with zero attached hydrogens (tertiary/aromatic N) is 3. The fourth-order valence-electron chi connectivity index (χ4n) is 2.96. The molecule has 2 aromatic heterocycles. The number of nitrogens with one attached hydrogen (secondary N) is 1. The van der Waals surface area contributed by atoms with Crippen LogP contribution in [0.25, 0.3) is 0 Å². The Morgan fingerprint density at radius 3 is 2.52 bits per heavy atom. The lowest BCUT2D eigenvalue weighted by Gasteiger charge is -2.19.